The van der Waals surface area contributed by atoms with Gasteiger partial charge in [-0.2, -0.15) is 0 Å². The zero-order valence-electron chi connectivity index (χ0n) is 13.6. The SMILES string of the molecule is CCC1=C(/C=C/c2ccccc2)N=C2C=CC3(C(=O)O)CC3N2C1. The molecular formula is C20H20N2O2. The first kappa shape index (κ1) is 14.9. The average molecular weight is 320 g/mol. The summed E-state index contributed by atoms with van der Waals surface area (Å²) < 4.78 is 0. The van der Waals surface area contributed by atoms with Crippen molar-refractivity contribution < 1.29 is 9.90 Å². The Kier molecular flexibility index (Phi) is 3.41. The zero-order chi connectivity index (χ0) is 16.7. The minimum Gasteiger partial charge on any atom is -0.481 e. The van der Waals surface area contributed by atoms with Gasteiger partial charge in [0.05, 0.1) is 11.7 Å². The van der Waals surface area contributed by atoms with Crippen molar-refractivity contribution >= 4 is 17.9 Å². The lowest BCUT2D eigenvalue weighted by Crippen LogP contribution is -2.42. The number of aliphatic carboxylic acids is 1. The molecular weight excluding hydrogens is 300 g/mol. The number of carboxylic acids is 1. The van der Waals surface area contributed by atoms with E-state index in [2.05, 4.69) is 36.1 Å². The van der Waals surface area contributed by atoms with Crippen molar-refractivity contribution in [3.63, 3.8) is 0 Å². The van der Waals surface area contributed by atoms with E-state index >= 15 is 0 Å². The highest BCUT2D eigenvalue weighted by molar-refractivity contribution is 6.00. The zero-order valence-corrected chi connectivity index (χ0v) is 13.6. The molecule has 1 aromatic carbocycles. The van der Waals surface area contributed by atoms with Crippen molar-refractivity contribution in [1.29, 1.82) is 0 Å². The summed E-state index contributed by atoms with van der Waals surface area (Å²) in [5, 5.41) is 9.47. The van der Waals surface area contributed by atoms with E-state index < -0.39 is 11.4 Å². The summed E-state index contributed by atoms with van der Waals surface area (Å²) in [5.74, 6) is 0.166. The predicted molar refractivity (Wildman–Crippen MR) is 94.5 cm³/mol. The minimum atomic E-state index is -0.723. The lowest BCUT2D eigenvalue weighted by atomic mass is 9.99. The monoisotopic (exact) mass is 320 g/mol. The Balaban J connectivity index is 1.64. The first-order valence-electron chi connectivity index (χ1n) is 8.37. The molecule has 2 heterocycles. The van der Waals surface area contributed by atoms with Crippen LogP contribution in [0.1, 0.15) is 25.3 Å². The summed E-state index contributed by atoms with van der Waals surface area (Å²) in [6.45, 7) is 2.90. The summed E-state index contributed by atoms with van der Waals surface area (Å²) >= 11 is 0. The molecule has 2 aliphatic heterocycles. The highest BCUT2D eigenvalue weighted by Gasteiger charge is 2.63. The number of carbonyl (C=O) groups is 1. The molecule has 1 aliphatic carbocycles. The van der Waals surface area contributed by atoms with Crippen molar-refractivity contribution in [1.82, 2.24) is 4.90 Å². The van der Waals surface area contributed by atoms with Crippen LogP contribution in [-0.4, -0.2) is 34.4 Å². The molecule has 1 fully saturated rings. The summed E-state index contributed by atoms with van der Waals surface area (Å²) in [6, 6.07) is 10.2. The van der Waals surface area contributed by atoms with Crippen LogP contribution in [0.15, 0.2) is 64.8 Å². The fraction of sp³-hybridized carbons (Fsp3) is 0.300. The molecule has 2 atom stereocenters. The van der Waals surface area contributed by atoms with Crippen molar-refractivity contribution in [2.75, 3.05) is 6.54 Å². The Bertz CT molecular complexity index is 804. The smallest absolute Gasteiger partial charge is 0.315 e. The maximum Gasteiger partial charge on any atom is 0.315 e. The third kappa shape index (κ3) is 2.30. The second kappa shape index (κ2) is 5.48. The number of allylic oxidation sites excluding steroid dienone is 1. The van der Waals surface area contributed by atoms with Gasteiger partial charge in [0.2, 0.25) is 0 Å². The number of rotatable bonds is 4. The predicted octanol–water partition coefficient (Wildman–Crippen LogP) is 3.49. The molecule has 122 valence electrons. The van der Waals surface area contributed by atoms with Crippen LogP contribution in [-0.2, 0) is 4.79 Å². The van der Waals surface area contributed by atoms with E-state index in [1.165, 1.54) is 5.57 Å². The fourth-order valence-electron chi connectivity index (χ4n) is 3.58. The van der Waals surface area contributed by atoms with Gasteiger partial charge in [-0.1, -0.05) is 49.4 Å². The van der Waals surface area contributed by atoms with Gasteiger partial charge < -0.3 is 10.0 Å². The van der Waals surface area contributed by atoms with Gasteiger partial charge in [0.15, 0.2) is 0 Å². The summed E-state index contributed by atoms with van der Waals surface area (Å²) in [4.78, 5) is 18.5. The van der Waals surface area contributed by atoms with E-state index in [0.717, 1.165) is 30.1 Å². The number of amidine groups is 1. The Morgan fingerprint density at radius 3 is 2.88 bits per heavy atom. The van der Waals surface area contributed by atoms with Gasteiger partial charge in [-0.05, 0) is 36.1 Å². The van der Waals surface area contributed by atoms with Gasteiger partial charge in [-0.25, -0.2) is 4.99 Å². The Morgan fingerprint density at radius 2 is 2.17 bits per heavy atom. The number of aliphatic imine (C=N–C) groups is 1. The quantitative estimate of drug-likeness (QED) is 0.924. The van der Waals surface area contributed by atoms with Gasteiger partial charge in [0, 0.05) is 6.54 Å². The van der Waals surface area contributed by atoms with Crippen LogP contribution >= 0.6 is 0 Å². The maximum atomic E-state index is 11.5. The number of hydrogen-bond acceptors (Lipinski definition) is 3. The first-order valence-corrected chi connectivity index (χ1v) is 8.37. The van der Waals surface area contributed by atoms with Crippen molar-refractivity contribution in [2.24, 2.45) is 10.4 Å². The lowest BCUT2D eigenvalue weighted by Gasteiger charge is -2.33. The van der Waals surface area contributed by atoms with Crippen LogP contribution in [0, 0.1) is 5.41 Å². The second-order valence-electron chi connectivity index (χ2n) is 6.58. The summed E-state index contributed by atoms with van der Waals surface area (Å²) in [5.41, 5.74) is 2.72. The molecule has 0 bridgehead atoms. The van der Waals surface area contributed by atoms with Crippen LogP contribution in [0.5, 0.6) is 0 Å². The van der Waals surface area contributed by atoms with Gasteiger partial charge in [0.1, 0.15) is 11.3 Å². The Labute approximate surface area is 141 Å². The maximum absolute atomic E-state index is 11.5. The molecule has 4 heteroatoms. The molecule has 4 rings (SSSR count). The van der Waals surface area contributed by atoms with Crippen molar-refractivity contribution in [3.05, 3.63) is 65.4 Å². The van der Waals surface area contributed by atoms with E-state index in [9.17, 15) is 9.90 Å². The summed E-state index contributed by atoms with van der Waals surface area (Å²) in [7, 11) is 0. The lowest BCUT2D eigenvalue weighted by molar-refractivity contribution is -0.142. The van der Waals surface area contributed by atoms with E-state index in [1.807, 2.05) is 30.4 Å². The molecule has 0 aromatic heterocycles. The van der Waals surface area contributed by atoms with E-state index in [1.54, 1.807) is 0 Å². The molecule has 24 heavy (non-hydrogen) atoms. The number of fused-ring (bicyclic) bond motifs is 3. The van der Waals surface area contributed by atoms with Gasteiger partial charge in [-0.3, -0.25) is 4.79 Å². The van der Waals surface area contributed by atoms with Gasteiger partial charge >= 0.3 is 5.97 Å². The number of carboxylic acid groups (broad SMARTS) is 1. The van der Waals surface area contributed by atoms with E-state index in [-0.39, 0.29) is 6.04 Å². The molecule has 0 spiro atoms. The van der Waals surface area contributed by atoms with Crippen LogP contribution in [0.4, 0.5) is 0 Å². The first-order chi connectivity index (χ1) is 11.6. The topological polar surface area (TPSA) is 52.9 Å². The van der Waals surface area contributed by atoms with Crippen molar-refractivity contribution in [2.45, 2.75) is 25.8 Å². The van der Waals surface area contributed by atoms with Gasteiger partial charge in [-0.15, -0.1) is 0 Å². The van der Waals surface area contributed by atoms with Crippen LogP contribution in [0.25, 0.3) is 6.08 Å². The second-order valence-corrected chi connectivity index (χ2v) is 6.58. The standard InChI is InChI=1S/C20H20N2O2/c1-2-15-13-22-17-12-20(17,19(23)24)11-10-18(22)21-16(15)9-8-14-6-4-3-5-7-14/h3-11,17H,2,12-13H2,1H3,(H,23,24)/b9-8+. The minimum absolute atomic E-state index is 0.0555. The highest BCUT2D eigenvalue weighted by atomic mass is 16.4. The normalized spacial score (nSPS) is 27.8. The molecule has 3 aliphatic rings. The van der Waals surface area contributed by atoms with Gasteiger partial charge in [0.25, 0.3) is 0 Å². The number of hydrogen-bond donors (Lipinski definition) is 1. The molecule has 1 aromatic rings. The van der Waals surface area contributed by atoms with Crippen LogP contribution in [0.2, 0.25) is 0 Å². The third-order valence-corrected chi connectivity index (χ3v) is 5.18. The molecule has 0 amide bonds. The molecule has 1 N–H and O–H groups in total. The largest absolute Gasteiger partial charge is 0.481 e. The number of benzene rings is 1. The molecule has 1 saturated carbocycles. The number of nitrogens with zero attached hydrogens (tertiary/aromatic N) is 2. The third-order valence-electron chi connectivity index (χ3n) is 5.18. The van der Waals surface area contributed by atoms with E-state index in [4.69, 9.17) is 4.99 Å². The Morgan fingerprint density at radius 1 is 1.38 bits per heavy atom. The molecule has 0 saturated heterocycles. The fourth-order valence-corrected chi connectivity index (χ4v) is 3.58. The molecule has 4 nitrogen and oxygen atoms in total. The van der Waals surface area contributed by atoms with E-state index in [0.29, 0.717) is 6.42 Å². The Hall–Kier alpha value is -2.62. The average Bonchev–Trinajstić information content (AvgIpc) is 3.37. The van der Waals surface area contributed by atoms with Crippen LogP contribution in [0.3, 0.4) is 0 Å². The molecule has 2 unspecified atom stereocenters. The molecule has 0 radical (unpaired) electrons. The summed E-state index contributed by atoms with van der Waals surface area (Å²) in [6.07, 6.45) is 9.45. The van der Waals surface area contributed by atoms with Crippen molar-refractivity contribution in [3.8, 4) is 0 Å². The van der Waals surface area contributed by atoms with Crippen LogP contribution < -0.4 is 0 Å². The highest BCUT2D eigenvalue weighted by Crippen LogP contribution is 2.54.